The van der Waals surface area contributed by atoms with E-state index < -0.39 is 0 Å². The van der Waals surface area contributed by atoms with Gasteiger partial charge in [-0.2, -0.15) is 0 Å². The lowest BCUT2D eigenvalue weighted by molar-refractivity contribution is 0.256. The van der Waals surface area contributed by atoms with E-state index in [1.54, 1.807) is 0 Å². The van der Waals surface area contributed by atoms with E-state index >= 15 is 0 Å². The minimum Gasteiger partial charge on any atom is -0.0651 e. The van der Waals surface area contributed by atoms with Gasteiger partial charge < -0.3 is 0 Å². The van der Waals surface area contributed by atoms with Crippen LogP contribution >= 0.6 is 0 Å². The Morgan fingerprint density at radius 2 is 1.67 bits per heavy atom. The molecule has 0 heterocycles. The van der Waals surface area contributed by atoms with Crippen LogP contribution in [-0.4, -0.2) is 0 Å². The van der Waals surface area contributed by atoms with Crippen molar-refractivity contribution in [1.82, 2.24) is 0 Å². The average Bonchev–Trinajstić information content (AvgIpc) is 2.84. The lowest BCUT2D eigenvalue weighted by Crippen LogP contribution is -2.15. The van der Waals surface area contributed by atoms with E-state index in [9.17, 15) is 0 Å². The molecule has 1 fully saturated rings. The third-order valence-electron chi connectivity index (χ3n) is 4.00. The van der Waals surface area contributed by atoms with E-state index in [1.165, 1.54) is 32.1 Å². The molecule has 0 N–H and O–H groups in total. The first-order valence-corrected chi connectivity index (χ1v) is 5.64. The number of rotatable bonds is 5. The summed E-state index contributed by atoms with van der Waals surface area (Å²) in [4.78, 5) is 0. The number of hydrogen-bond donors (Lipinski definition) is 0. The SMILES string of the molecule is CC[C@H](C)CC1([C@H](C)CC)CC1. The molecule has 12 heavy (non-hydrogen) atoms. The summed E-state index contributed by atoms with van der Waals surface area (Å²) >= 11 is 0. The quantitative estimate of drug-likeness (QED) is 0.575. The first-order chi connectivity index (χ1) is 5.64. The maximum absolute atomic E-state index is 2.44. The fourth-order valence-electron chi connectivity index (χ4n) is 2.33. The van der Waals surface area contributed by atoms with Crippen LogP contribution < -0.4 is 0 Å². The molecule has 1 rings (SSSR count). The Morgan fingerprint density at radius 3 is 2.00 bits per heavy atom. The highest BCUT2D eigenvalue weighted by molar-refractivity contribution is 4.96. The summed E-state index contributed by atoms with van der Waals surface area (Å²) < 4.78 is 0. The Balaban J connectivity index is 2.39. The lowest BCUT2D eigenvalue weighted by Gasteiger charge is -2.25. The van der Waals surface area contributed by atoms with Crippen molar-refractivity contribution >= 4 is 0 Å². The summed E-state index contributed by atoms with van der Waals surface area (Å²) in [6.07, 6.45) is 7.23. The van der Waals surface area contributed by atoms with Crippen LogP contribution in [0.1, 0.15) is 59.8 Å². The molecule has 0 aromatic rings. The van der Waals surface area contributed by atoms with Gasteiger partial charge in [-0.25, -0.2) is 0 Å². The lowest BCUT2D eigenvalue weighted by atomic mass is 9.81. The van der Waals surface area contributed by atoms with Gasteiger partial charge >= 0.3 is 0 Å². The molecule has 0 aromatic heterocycles. The molecule has 0 unspecified atom stereocenters. The van der Waals surface area contributed by atoms with Crippen molar-refractivity contribution < 1.29 is 0 Å². The highest BCUT2D eigenvalue weighted by atomic mass is 14.5. The molecule has 1 aliphatic carbocycles. The molecule has 0 radical (unpaired) electrons. The van der Waals surface area contributed by atoms with Crippen LogP contribution in [0.2, 0.25) is 0 Å². The maximum atomic E-state index is 2.44. The van der Waals surface area contributed by atoms with Crippen LogP contribution in [0.5, 0.6) is 0 Å². The van der Waals surface area contributed by atoms with E-state index in [2.05, 4.69) is 27.7 Å². The minimum absolute atomic E-state index is 0.782. The predicted octanol–water partition coefficient (Wildman–Crippen LogP) is 4.25. The molecule has 0 aliphatic heterocycles. The Bertz CT molecular complexity index is 133. The van der Waals surface area contributed by atoms with Gasteiger partial charge in [0.1, 0.15) is 0 Å². The summed E-state index contributed by atoms with van der Waals surface area (Å²) in [6.45, 7) is 9.50. The fraction of sp³-hybridized carbons (Fsp3) is 1.00. The van der Waals surface area contributed by atoms with Gasteiger partial charge in [-0.3, -0.25) is 0 Å². The summed E-state index contributed by atoms with van der Waals surface area (Å²) in [5.41, 5.74) is 0.782. The van der Waals surface area contributed by atoms with Crippen molar-refractivity contribution in [2.75, 3.05) is 0 Å². The molecule has 0 spiro atoms. The Kier molecular flexibility index (Phi) is 3.20. The summed E-state index contributed by atoms with van der Waals surface area (Å²) in [5.74, 6) is 1.91. The third kappa shape index (κ3) is 2.02. The molecule has 0 heteroatoms. The molecule has 0 aromatic carbocycles. The first kappa shape index (κ1) is 10.1. The fourth-order valence-corrected chi connectivity index (χ4v) is 2.33. The van der Waals surface area contributed by atoms with Crippen LogP contribution in [-0.2, 0) is 0 Å². The zero-order valence-electron chi connectivity index (χ0n) is 9.19. The van der Waals surface area contributed by atoms with Gasteiger partial charge in [0.25, 0.3) is 0 Å². The van der Waals surface area contributed by atoms with Gasteiger partial charge in [-0.15, -0.1) is 0 Å². The Labute approximate surface area is 77.7 Å². The normalized spacial score (nSPS) is 25.0. The molecule has 0 saturated heterocycles. The highest BCUT2D eigenvalue weighted by Crippen LogP contribution is 2.57. The van der Waals surface area contributed by atoms with Gasteiger partial charge in [0.05, 0.1) is 0 Å². The van der Waals surface area contributed by atoms with E-state index in [1.807, 2.05) is 0 Å². The van der Waals surface area contributed by atoms with Crippen LogP contribution in [0, 0.1) is 17.3 Å². The standard InChI is InChI=1S/C12H24/c1-5-10(3)9-12(7-8-12)11(4)6-2/h10-11H,5-9H2,1-4H3/t10-,11+/m0/s1. The minimum atomic E-state index is 0.782. The highest BCUT2D eigenvalue weighted by Gasteiger charge is 2.46. The van der Waals surface area contributed by atoms with Gasteiger partial charge in [-0.1, -0.05) is 40.5 Å². The van der Waals surface area contributed by atoms with E-state index in [0.29, 0.717) is 0 Å². The summed E-state index contributed by atoms with van der Waals surface area (Å²) in [6, 6.07) is 0. The van der Waals surface area contributed by atoms with Crippen LogP contribution in [0.15, 0.2) is 0 Å². The molecule has 0 amide bonds. The molecule has 1 aliphatic rings. The summed E-state index contributed by atoms with van der Waals surface area (Å²) in [7, 11) is 0. The summed E-state index contributed by atoms with van der Waals surface area (Å²) in [5, 5.41) is 0. The maximum Gasteiger partial charge on any atom is -0.0269 e. The van der Waals surface area contributed by atoms with Crippen molar-refractivity contribution in [3.63, 3.8) is 0 Å². The second kappa shape index (κ2) is 3.81. The van der Waals surface area contributed by atoms with Crippen molar-refractivity contribution in [1.29, 1.82) is 0 Å². The topological polar surface area (TPSA) is 0 Å². The van der Waals surface area contributed by atoms with Crippen molar-refractivity contribution in [3.05, 3.63) is 0 Å². The van der Waals surface area contributed by atoms with Crippen LogP contribution in [0.3, 0.4) is 0 Å². The van der Waals surface area contributed by atoms with Gasteiger partial charge in [0.15, 0.2) is 0 Å². The van der Waals surface area contributed by atoms with Crippen LogP contribution in [0.4, 0.5) is 0 Å². The molecule has 72 valence electrons. The molecule has 0 nitrogen and oxygen atoms in total. The van der Waals surface area contributed by atoms with Crippen LogP contribution in [0.25, 0.3) is 0 Å². The number of hydrogen-bond acceptors (Lipinski definition) is 0. The monoisotopic (exact) mass is 168 g/mol. The van der Waals surface area contributed by atoms with E-state index in [-0.39, 0.29) is 0 Å². The van der Waals surface area contributed by atoms with Gasteiger partial charge in [-0.05, 0) is 36.5 Å². The van der Waals surface area contributed by atoms with Gasteiger partial charge in [0, 0.05) is 0 Å². The smallest absolute Gasteiger partial charge is 0.0269 e. The second-order valence-electron chi connectivity index (χ2n) is 4.89. The largest absolute Gasteiger partial charge is 0.0651 e. The second-order valence-corrected chi connectivity index (χ2v) is 4.89. The average molecular weight is 168 g/mol. The zero-order valence-corrected chi connectivity index (χ0v) is 9.19. The van der Waals surface area contributed by atoms with E-state index in [0.717, 1.165) is 17.3 Å². The van der Waals surface area contributed by atoms with Crippen molar-refractivity contribution in [2.45, 2.75) is 59.8 Å². The molecular weight excluding hydrogens is 144 g/mol. The first-order valence-electron chi connectivity index (χ1n) is 5.64. The molecule has 1 saturated carbocycles. The van der Waals surface area contributed by atoms with E-state index in [4.69, 9.17) is 0 Å². The Hall–Kier alpha value is 0. The van der Waals surface area contributed by atoms with Crippen molar-refractivity contribution in [3.8, 4) is 0 Å². The molecule has 2 atom stereocenters. The van der Waals surface area contributed by atoms with Crippen molar-refractivity contribution in [2.24, 2.45) is 17.3 Å². The molecular formula is C12H24. The predicted molar refractivity (Wildman–Crippen MR) is 55.2 cm³/mol. The van der Waals surface area contributed by atoms with Gasteiger partial charge in [0.2, 0.25) is 0 Å². The third-order valence-corrected chi connectivity index (χ3v) is 4.00. The zero-order chi connectivity index (χ0) is 9.19. The molecule has 0 bridgehead atoms. The Morgan fingerprint density at radius 1 is 1.08 bits per heavy atom.